The van der Waals surface area contributed by atoms with Crippen molar-refractivity contribution in [2.75, 3.05) is 19.7 Å². The third kappa shape index (κ3) is 4.08. The smallest absolute Gasteiger partial charge is 0.250 e. The summed E-state index contributed by atoms with van der Waals surface area (Å²) in [5, 5.41) is 7.26. The molecule has 1 fully saturated rings. The number of nitrogens with one attached hydrogen (secondary N) is 2. The number of benzene rings is 2. The molecular formula is C18H18Cl2N2O2. The monoisotopic (exact) mass is 364 g/mol. The molecule has 1 amide bonds. The summed E-state index contributed by atoms with van der Waals surface area (Å²) in [4.78, 5) is 12.2. The van der Waals surface area contributed by atoms with Gasteiger partial charge in [-0.25, -0.2) is 0 Å². The van der Waals surface area contributed by atoms with Gasteiger partial charge < -0.3 is 15.4 Å². The molecule has 0 bridgehead atoms. The zero-order chi connectivity index (χ0) is 16.9. The van der Waals surface area contributed by atoms with E-state index in [1.807, 2.05) is 30.3 Å². The number of hydrogen-bond acceptors (Lipinski definition) is 3. The molecule has 4 nitrogen and oxygen atoms in total. The third-order valence-corrected chi connectivity index (χ3v) is 4.46. The van der Waals surface area contributed by atoms with Crippen molar-refractivity contribution in [1.29, 1.82) is 0 Å². The maximum absolute atomic E-state index is 12.2. The standard InChI is InChI=1S/C18H18Cl2N2O2/c19-13-5-6-15(16(20)9-13)14-4-2-1-3-12(14)10-22-18(23)17-11-21-7-8-24-17/h1-6,9,17,21H,7-8,10-11H2,(H,22,23). The molecule has 6 heteroatoms. The first-order valence-electron chi connectivity index (χ1n) is 7.78. The summed E-state index contributed by atoms with van der Waals surface area (Å²) in [6.45, 7) is 2.28. The Hall–Kier alpha value is -1.59. The van der Waals surface area contributed by atoms with Gasteiger partial charge in [0, 0.05) is 35.2 Å². The van der Waals surface area contributed by atoms with Crippen LogP contribution in [0.4, 0.5) is 0 Å². The first-order valence-corrected chi connectivity index (χ1v) is 8.54. The van der Waals surface area contributed by atoms with E-state index in [1.165, 1.54) is 0 Å². The van der Waals surface area contributed by atoms with Crippen LogP contribution in [0.1, 0.15) is 5.56 Å². The van der Waals surface area contributed by atoms with Gasteiger partial charge in [-0.05, 0) is 23.3 Å². The first kappa shape index (κ1) is 17.2. The van der Waals surface area contributed by atoms with E-state index < -0.39 is 6.10 Å². The molecule has 1 unspecified atom stereocenters. The molecule has 1 aliphatic rings. The number of carbonyl (C=O) groups excluding carboxylic acids is 1. The van der Waals surface area contributed by atoms with Crippen molar-refractivity contribution in [2.45, 2.75) is 12.6 Å². The summed E-state index contributed by atoms with van der Waals surface area (Å²) in [5.74, 6) is -0.112. The highest BCUT2D eigenvalue weighted by Gasteiger charge is 2.21. The van der Waals surface area contributed by atoms with Gasteiger partial charge in [0.15, 0.2) is 0 Å². The molecular weight excluding hydrogens is 347 g/mol. The lowest BCUT2D eigenvalue weighted by Gasteiger charge is -2.23. The van der Waals surface area contributed by atoms with E-state index in [-0.39, 0.29) is 5.91 Å². The Morgan fingerprint density at radius 1 is 1.21 bits per heavy atom. The second-order valence-corrected chi connectivity index (χ2v) is 6.41. The molecule has 1 atom stereocenters. The second kappa shape index (κ2) is 7.99. The van der Waals surface area contributed by atoms with E-state index >= 15 is 0 Å². The predicted molar refractivity (Wildman–Crippen MR) is 96.4 cm³/mol. The lowest BCUT2D eigenvalue weighted by Crippen LogP contribution is -2.47. The zero-order valence-electron chi connectivity index (χ0n) is 13.0. The molecule has 0 aliphatic carbocycles. The Kier molecular flexibility index (Phi) is 5.74. The molecule has 0 aromatic heterocycles. The van der Waals surface area contributed by atoms with E-state index in [4.69, 9.17) is 27.9 Å². The van der Waals surface area contributed by atoms with E-state index in [0.29, 0.717) is 29.7 Å². The van der Waals surface area contributed by atoms with Crippen LogP contribution in [0.2, 0.25) is 10.0 Å². The minimum absolute atomic E-state index is 0.112. The number of carbonyl (C=O) groups is 1. The van der Waals surface area contributed by atoms with Gasteiger partial charge in [-0.3, -0.25) is 4.79 Å². The zero-order valence-corrected chi connectivity index (χ0v) is 14.5. The fourth-order valence-corrected chi connectivity index (χ4v) is 3.19. The number of halogens is 2. The predicted octanol–water partition coefficient (Wildman–Crippen LogP) is 3.27. The van der Waals surface area contributed by atoms with Crippen LogP contribution < -0.4 is 10.6 Å². The van der Waals surface area contributed by atoms with Gasteiger partial charge in [0.1, 0.15) is 6.10 Å². The Bertz CT molecular complexity index is 731. The fourth-order valence-electron chi connectivity index (χ4n) is 2.68. The van der Waals surface area contributed by atoms with Crippen molar-refractivity contribution in [1.82, 2.24) is 10.6 Å². The maximum atomic E-state index is 12.2. The highest BCUT2D eigenvalue weighted by atomic mass is 35.5. The normalized spacial score (nSPS) is 17.5. The molecule has 2 N–H and O–H groups in total. The lowest BCUT2D eigenvalue weighted by atomic mass is 9.99. The summed E-state index contributed by atoms with van der Waals surface area (Å²) < 4.78 is 5.47. The van der Waals surface area contributed by atoms with Gasteiger partial charge in [0.2, 0.25) is 0 Å². The SMILES string of the molecule is O=C(NCc1ccccc1-c1ccc(Cl)cc1Cl)C1CNCCO1. The maximum Gasteiger partial charge on any atom is 0.250 e. The van der Waals surface area contributed by atoms with Crippen LogP contribution in [0.25, 0.3) is 11.1 Å². The molecule has 1 heterocycles. The Morgan fingerprint density at radius 2 is 2.04 bits per heavy atom. The molecule has 0 saturated carbocycles. The number of hydrogen-bond donors (Lipinski definition) is 2. The van der Waals surface area contributed by atoms with Crippen LogP contribution in [0.5, 0.6) is 0 Å². The second-order valence-electron chi connectivity index (χ2n) is 5.56. The average molecular weight is 365 g/mol. The van der Waals surface area contributed by atoms with Crippen LogP contribution in [0, 0.1) is 0 Å². The molecule has 1 saturated heterocycles. The van der Waals surface area contributed by atoms with E-state index in [1.54, 1.807) is 12.1 Å². The number of ether oxygens (including phenoxy) is 1. The molecule has 3 rings (SSSR count). The number of rotatable bonds is 4. The largest absolute Gasteiger partial charge is 0.366 e. The molecule has 0 spiro atoms. The third-order valence-electron chi connectivity index (χ3n) is 3.91. The Morgan fingerprint density at radius 3 is 2.79 bits per heavy atom. The first-order chi connectivity index (χ1) is 11.6. The topological polar surface area (TPSA) is 50.4 Å². The molecule has 2 aromatic carbocycles. The quantitative estimate of drug-likeness (QED) is 0.875. The van der Waals surface area contributed by atoms with Gasteiger partial charge in [-0.1, -0.05) is 53.5 Å². The summed E-state index contributed by atoms with van der Waals surface area (Å²) >= 11 is 12.3. The van der Waals surface area contributed by atoms with Crippen LogP contribution in [-0.4, -0.2) is 31.7 Å². The van der Waals surface area contributed by atoms with Crippen molar-refractivity contribution < 1.29 is 9.53 Å². The van der Waals surface area contributed by atoms with Crippen molar-refractivity contribution in [2.24, 2.45) is 0 Å². The summed E-state index contributed by atoms with van der Waals surface area (Å²) in [6.07, 6.45) is -0.440. The average Bonchev–Trinajstić information content (AvgIpc) is 2.61. The van der Waals surface area contributed by atoms with Crippen molar-refractivity contribution >= 4 is 29.1 Å². The molecule has 0 radical (unpaired) electrons. The van der Waals surface area contributed by atoms with Gasteiger partial charge in [0.05, 0.1) is 6.61 Å². The number of morpholine rings is 1. The van der Waals surface area contributed by atoms with E-state index in [2.05, 4.69) is 10.6 Å². The minimum Gasteiger partial charge on any atom is -0.366 e. The van der Waals surface area contributed by atoms with Gasteiger partial charge in [0.25, 0.3) is 5.91 Å². The summed E-state index contributed by atoms with van der Waals surface area (Å²) in [5.41, 5.74) is 2.85. The van der Waals surface area contributed by atoms with Crippen LogP contribution in [0.3, 0.4) is 0 Å². The molecule has 24 heavy (non-hydrogen) atoms. The van der Waals surface area contributed by atoms with Crippen molar-refractivity contribution in [3.8, 4) is 11.1 Å². The molecule has 126 valence electrons. The van der Waals surface area contributed by atoms with Crippen LogP contribution >= 0.6 is 23.2 Å². The minimum atomic E-state index is -0.440. The van der Waals surface area contributed by atoms with Gasteiger partial charge in [-0.15, -0.1) is 0 Å². The van der Waals surface area contributed by atoms with Gasteiger partial charge >= 0.3 is 0 Å². The van der Waals surface area contributed by atoms with E-state index in [9.17, 15) is 4.79 Å². The fraction of sp³-hybridized carbons (Fsp3) is 0.278. The summed E-state index contributed by atoms with van der Waals surface area (Å²) in [6, 6.07) is 13.2. The highest BCUT2D eigenvalue weighted by molar-refractivity contribution is 6.36. The van der Waals surface area contributed by atoms with Crippen molar-refractivity contribution in [3.05, 3.63) is 58.1 Å². The van der Waals surface area contributed by atoms with Crippen LogP contribution in [-0.2, 0) is 16.1 Å². The van der Waals surface area contributed by atoms with Crippen LogP contribution in [0.15, 0.2) is 42.5 Å². The Labute approximate surface area is 151 Å². The van der Waals surface area contributed by atoms with Crippen molar-refractivity contribution in [3.63, 3.8) is 0 Å². The lowest BCUT2D eigenvalue weighted by molar-refractivity contribution is -0.134. The number of amides is 1. The molecule has 2 aromatic rings. The summed E-state index contributed by atoms with van der Waals surface area (Å²) in [7, 11) is 0. The highest BCUT2D eigenvalue weighted by Crippen LogP contribution is 2.32. The van der Waals surface area contributed by atoms with E-state index in [0.717, 1.165) is 23.2 Å². The molecule has 1 aliphatic heterocycles. The van der Waals surface area contributed by atoms with Gasteiger partial charge in [-0.2, -0.15) is 0 Å². The Balaban J connectivity index is 1.75.